The first-order chi connectivity index (χ1) is 11.1. The molecule has 126 valence electrons. The normalized spacial score (nSPS) is 24.2. The first-order valence-electron chi connectivity index (χ1n) is 8.53. The summed E-state index contributed by atoms with van der Waals surface area (Å²) in [6.45, 7) is 7.16. The molecule has 0 radical (unpaired) electrons. The van der Waals surface area contributed by atoms with Crippen molar-refractivity contribution in [3.63, 3.8) is 0 Å². The quantitative estimate of drug-likeness (QED) is 0.847. The van der Waals surface area contributed by atoms with Crippen LogP contribution in [0.1, 0.15) is 18.4 Å². The molecule has 0 aromatic heterocycles. The molecular formula is C18H26FN3O. The molecule has 4 nitrogen and oxygen atoms in total. The predicted molar refractivity (Wildman–Crippen MR) is 88.5 cm³/mol. The molecule has 0 bridgehead atoms. The van der Waals surface area contributed by atoms with Crippen LogP contribution in [-0.2, 0) is 11.3 Å². The van der Waals surface area contributed by atoms with Crippen LogP contribution < -0.4 is 0 Å². The van der Waals surface area contributed by atoms with Crippen LogP contribution in [0, 0.1) is 11.7 Å². The zero-order valence-electron chi connectivity index (χ0n) is 13.9. The number of carbonyl (C=O) groups excluding carboxylic acids is 1. The molecule has 2 saturated heterocycles. The van der Waals surface area contributed by atoms with Crippen molar-refractivity contribution in [3.05, 3.63) is 35.6 Å². The molecule has 3 rings (SSSR count). The highest BCUT2D eigenvalue weighted by Gasteiger charge is 2.26. The molecule has 2 aliphatic rings. The van der Waals surface area contributed by atoms with Gasteiger partial charge in [-0.05, 0) is 30.0 Å². The Hall–Kier alpha value is -1.46. The Morgan fingerprint density at radius 1 is 1.09 bits per heavy atom. The van der Waals surface area contributed by atoms with Crippen molar-refractivity contribution in [2.24, 2.45) is 5.92 Å². The Morgan fingerprint density at radius 3 is 2.39 bits per heavy atom. The summed E-state index contributed by atoms with van der Waals surface area (Å²) in [5.41, 5.74) is 1.17. The van der Waals surface area contributed by atoms with Gasteiger partial charge in [-0.3, -0.25) is 9.69 Å². The van der Waals surface area contributed by atoms with Crippen LogP contribution in [-0.4, -0.2) is 66.9 Å². The number of likely N-dealkylation sites (tertiary alicyclic amines) is 1. The van der Waals surface area contributed by atoms with Gasteiger partial charge in [0, 0.05) is 59.3 Å². The third kappa shape index (κ3) is 4.52. The molecule has 2 fully saturated rings. The minimum Gasteiger partial charge on any atom is -0.345 e. The average Bonchev–Trinajstić information content (AvgIpc) is 2.55. The molecule has 1 aromatic carbocycles. The summed E-state index contributed by atoms with van der Waals surface area (Å²) >= 11 is 0. The number of nitrogens with zero attached hydrogens (tertiary/aromatic N) is 3. The highest BCUT2D eigenvalue weighted by atomic mass is 19.1. The predicted octanol–water partition coefficient (Wildman–Crippen LogP) is 1.81. The second kappa shape index (κ2) is 7.41. The van der Waals surface area contributed by atoms with E-state index in [9.17, 15) is 9.18 Å². The van der Waals surface area contributed by atoms with Crippen molar-refractivity contribution in [1.82, 2.24) is 14.7 Å². The van der Waals surface area contributed by atoms with Gasteiger partial charge >= 0.3 is 0 Å². The molecule has 5 heteroatoms. The molecule has 0 saturated carbocycles. The molecule has 1 unspecified atom stereocenters. The number of piperidine rings is 1. The molecule has 2 aliphatic heterocycles. The highest BCUT2D eigenvalue weighted by Crippen LogP contribution is 2.18. The molecular weight excluding hydrogens is 293 g/mol. The number of piperazine rings is 1. The molecule has 1 aromatic rings. The molecule has 1 atom stereocenters. The summed E-state index contributed by atoms with van der Waals surface area (Å²) in [6, 6.07) is 6.81. The largest absolute Gasteiger partial charge is 0.345 e. The summed E-state index contributed by atoms with van der Waals surface area (Å²) in [5.74, 6) is 0.723. The van der Waals surface area contributed by atoms with Gasteiger partial charge in [0.1, 0.15) is 5.82 Å². The molecule has 0 N–H and O–H groups in total. The first kappa shape index (κ1) is 16.4. The van der Waals surface area contributed by atoms with Crippen LogP contribution in [0.3, 0.4) is 0 Å². The fourth-order valence-electron chi connectivity index (χ4n) is 3.59. The minimum atomic E-state index is -0.172. The second-order valence-corrected chi connectivity index (χ2v) is 6.88. The zero-order chi connectivity index (χ0) is 16.2. The van der Waals surface area contributed by atoms with Crippen molar-refractivity contribution >= 4 is 5.91 Å². The maximum Gasteiger partial charge on any atom is 0.222 e. The van der Waals surface area contributed by atoms with E-state index in [0.717, 1.165) is 52.2 Å². The summed E-state index contributed by atoms with van der Waals surface area (Å²) in [5, 5.41) is 0. The van der Waals surface area contributed by atoms with Crippen LogP contribution in [0.2, 0.25) is 0 Å². The van der Waals surface area contributed by atoms with E-state index in [1.807, 2.05) is 24.1 Å². The van der Waals surface area contributed by atoms with E-state index in [0.29, 0.717) is 12.3 Å². The third-order valence-corrected chi connectivity index (χ3v) is 5.03. The van der Waals surface area contributed by atoms with Crippen molar-refractivity contribution in [1.29, 1.82) is 0 Å². The highest BCUT2D eigenvalue weighted by molar-refractivity contribution is 5.76. The van der Waals surface area contributed by atoms with Gasteiger partial charge in [0.25, 0.3) is 0 Å². The lowest BCUT2D eigenvalue weighted by atomic mass is 9.97. The summed E-state index contributed by atoms with van der Waals surface area (Å²) in [4.78, 5) is 18.4. The lowest BCUT2D eigenvalue weighted by Crippen LogP contribution is -2.49. The van der Waals surface area contributed by atoms with E-state index in [2.05, 4.69) is 9.80 Å². The molecule has 23 heavy (non-hydrogen) atoms. The maximum absolute atomic E-state index is 12.9. The van der Waals surface area contributed by atoms with E-state index < -0.39 is 0 Å². The van der Waals surface area contributed by atoms with Crippen LogP contribution in [0.4, 0.5) is 4.39 Å². The van der Waals surface area contributed by atoms with Crippen LogP contribution in [0.25, 0.3) is 0 Å². The van der Waals surface area contributed by atoms with Gasteiger partial charge in [0.05, 0.1) is 0 Å². The third-order valence-electron chi connectivity index (χ3n) is 5.03. The van der Waals surface area contributed by atoms with Gasteiger partial charge in [0.2, 0.25) is 5.91 Å². The fraction of sp³-hybridized carbons (Fsp3) is 0.611. The van der Waals surface area contributed by atoms with Crippen LogP contribution in [0.5, 0.6) is 0 Å². The summed E-state index contributed by atoms with van der Waals surface area (Å²) in [6.07, 6.45) is 1.73. The zero-order valence-corrected chi connectivity index (χ0v) is 13.9. The van der Waals surface area contributed by atoms with E-state index in [1.54, 1.807) is 0 Å². The Labute approximate surface area is 137 Å². The van der Waals surface area contributed by atoms with Gasteiger partial charge in [-0.25, -0.2) is 4.39 Å². The van der Waals surface area contributed by atoms with E-state index in [-0.39, 0.29) is 11.7 Å². The number of benzene rings is 1. The van der Waals surface area contributed by atoms with E-state index in [4.69, 9.17) is 0 Å². The van der Waals surface area contributed by atoms with Gasteiger partial charge in [-0.15, -0.1) is 0 Å². The lowest BCUT2D eigenvalue weighted by Gasteiger charge is -2.38. The number of amides is 1. The van der Waals surface area contributed by atoms with Crippen molar-refractivity contribution in [2.45, 2.75) is 19.4 Å². The first-order valence-corrected chi connectivity index (χ1v) is 8.53. The van der Waals surface area contributed by atoms with Crippen LogP contribution >= 0.6 is 0 Å². The van der Waals surface area contributed by atoms with Gasteiger partial charge < -0.3 is 9.80 Å². The maximum atomic E-state index is 12.9. The van der Waals surface area contributed by atoms with E-state index in [1.165, 1.54) is 17.7 Å². The van der Waals surface area contributed by atoms with Gasteiger partial charge in [0.15, 0.2) is 0 Å². The number of hydrogen-bond donors (Lipinski definition) is 0. The van der Waals surface area contributed by atoms with E-state index >= 15 is 0 Å². The number of rotatable bonds is 4. The standard InChI is InChI=1S/C18H26FN3O/c1-20-12-16(4-7-18(20)23)14-22-10-8-21(9-11-22)13-15-2-5-17(19)6-3-15/h2-3,5-6,16H,4,7-14H2,1H3. The smallest absolute Gasteiger partial charge is 0.222 e. The topological polar surface area (TPSA) is 26.8 Å². The lowest BCUT2D eigenvalue weighted by molar-refractivity contribution is -0.133. The monoisotopic (exact) mass is 319 g/mol. The Kier molecular flexibility index (Phi) is 5.28. The Morgan fingerprint density at radius 2 is 1.74 bits per heavy atom. The molecule has 2 heterocycles. The van der Waals surface area contributed by atoms with Crippen LogP contribution in [0.15, 0.2) is 24.3 Å². The SMILES string of the molecule is CN1CC(CN2CCN(Cc3ccc(F)cc3)CC2)CCC1=O. The average molecular weight is 319 g/mol. The molecule has 1 amide bonds. The number of carbonyl (C=O) groups is 1. The Balaban J connectivity index is 1.41. The molecule has 0 spiro atoms. The number of halogens is 1. The fourth-order valence-corrected chi connectivity index (χ4v) is 3.59. The summed E-state index contributed by atoms with van der Waals surface area (Å²) < 4.78 is 12.9. The van der Waals surface area contributed by atoms with Crippen molar-refractivity contribution in [3.8, 4) is 0 Å². The van der Waals surface area contributed by atoms with Gasteiger partial charge in [-0.2, -0.15) is 0 Å². The molecule has 0 aliphatic carbocycles. The minimum absolute atomic E-state index is 0.172. The Bertz CT molecular complexity index is 526. The van der Waals surface area contributed by atoms with Gasteiger partial charge in [-0.1, -0.05) is 12.1 Å². The van der Waals surface area contributed by atoms with Crippen molar-refractivity contribution in [2.75, 3.05) is 46.3 Å². The number of hydrogen-bond acceptors (Lipinski definition) is 3. The summed E-state index contributed by atoms with van der Waals surface area (Å²) in [7, 11) is 1.91. The second-order valence-electron chi connectivity index (χ2n) is 6.88. The van der Waals surface area contributed by atoms with Crippen molar-refractivity contribution < 1.29 is 9.18 Å².